The largest absolute Gasteiger partial charge is 0.468 e. The Morgan fingerprint density at radius 1 is 1.16 bits per heavy atom. The monoisotopic (exact) mass is 342 g/mol. The molecular weight excluding hydrogens is 324 g/mol. The van der Waals surface area contributed by atoms with Crippen LogP contribution in [-0.4, -0.2) is 44.5 Å². The molecule has 1 atom stereocenters. The molecule has 0 radical (unpaired) electrons. The van der Waals surface area contributed by atoms with E-state index >= 15 is 0 Å². The van der Waals surface area contributed by atoms with E-state index in [1.54, 1.807) is 19.1 Å². The standard InChI is InChI=1S/C18H18N2O5/c1-5-6-12-7-11(2)14-13(8-12)20-10-19-9-18(14,17(23)25-4)15(21)16(22)24-3/h5-10H,1-4H3/b6-5+. The van der Waals surface area contributed by atoms with Crippen LogP contribution >= 0.6 is 0 Å². The molecule has 0 saturated carbocycles. The molecule has 1 aromatic carbocycles. The Hall–Kier alpha value is -3.09. The minimum atomic E-state index is -2.05. The minimum absolute atomic E-state index is 0.250. The van der Waals surface area contributed by atoms with Crippen LogP contribution in [0.15, 0.2) is 28.2 Å². The molecule has 0 amide bonds. The highest BCUT2D eigenvalue weighted by Crippen LogP contribution is 2.38. The van der Waals surface area contributed by atoms with Crippen molar-refractivity contribution in [2.24, 2.45) is 9.98 Å². The van der Waals surface area contributed by atoms with E-state index in [4.69, 9.17) is 4.74 Å². The molecule has 1 aliphatic rings. The molecular formula is C18H18N2O5. The van der Waals surface area contributed by atoms with Crippen molar-refractivity contribution < 1.29 is 23.9 Å². The maximum absolute atomic E-state index is 12.8. The number of nitrogens with zero attached hydrogens (tertiary/aromatic N) is 2. The highest BCUT2D eigenvalue weighted by Gasteiger charge is 2.53. The molecule has 0 N–H and O–H groups in total. The predicted octanol–water partition coefficient (Wildman–Crippen LogP) is 1.93. The SMILES string of the molecule is C/C=C/c1cc(C)c2c(c1)N=CN=CC2(C(=O)OC)C(=O)C(=O)OC. The molecule has 0 bridgehead atoms. The number of ether oxygens (including phenoxy) is 2. The Balaban J connectivity index is 2.86. The summed E-state index contributed by atoms with van der Waals surface area (Å²) in [4.78, 5) is 45.5. The molecule has 0 spiro atoms. The molecule has 7 heteroatoms. The van der Waals surface area contributed by atoms with Crippen molar-refractivity contribution in [1.29, 1.82) is 0 Å². The van der Waals surface area contributed by atoms with Gasteiger partial charge in [0.05, 0.1) is 19.9 Å². The number of benzene rings is 1. The average molecular weight is 342 g/mol. The highest BCUT2D eigenvalue weighted by atomic mass is 16.5. The third-order valence-electron chi connectivity index (χ3n) is 3.86. The number of Topliss-reactive ketones (excluding diaryl/α,β-unsaturated/α-hetero) is 1. The summed E-state index contributed by atoms with van der Waals surface area (Å²) in [5.41, 5.74) is -0.0127. The molecule has 7 nitrogen and oxygen atoms in total. The number of fused-ring (bicyclic) bond motifs is 1. The van der Waals surface area contributed by atoms with Crippen molar-refractivity contribution in [1.82, 2.24) is 0 Å². The van der Waals surface area contributed by atoms with Crippen LogP contribution in [0.1, 0.15) is 23.6 Å². The molecule has 25 heavy (non-hydrogen) atoms. The first-order valence-corrected chi connectivity index (χ1v) is 7.48. The third kappa shape index (κ3) is 3.00. The van der Waals surface area contributed by atoms with Crippen molar-refractivity contribution >= 4 is 42.0 Å². The van der Waals surface area contributed by atoms with E-state index in [0.29, 0.717) is 11.3 Å². The molecule has 2 rings (SSSR count). The van der Waals surface area contributed by atoms with Crippen molar-refractivity contribution in [3.8, 4) is 0 Å². The molecule has 0 saturated heterocycles. The van der Waals surface area contributed by atoms with Gasteiger partial charge >= 0.3 is 11.9 Å². The van der Waals surface area contributed by atoms with E-state index in [0.717, 1.165) is 26.0 Å². The Morgan fingerprint density at radius 3 is 2.48 bits per heavy atom. The normalized spacial score (nSPS) is 18.6. The smallest absolute Gasteiger partial charge is 0.376 e. The van der Waals surface area contributed by atoms with Gasteiger partial charge in [-0.25, -0.2) is 14.8 Å². The van der Waals surface area contributed by atoms with Crippen LogP contribution < -0.4 is 0 Å². The summed E-state index contributed by atoms with van der Waals surface area (Å²) in [6.45, 7) is 3.59. The predicted molar refractivity (Wildman–Crippen MR) is 93.2 cm³/mol. The number of aliphatic imine (C=N–C) groups is 2. The molecule has 1 aliphatic heterocycles. The quantitative estimate of drug-likeness (QED) is 0.473. The van der Waals surface area contributed by atoms with Gasteiger partial charge in [0.1, 0.15) is 6.34 Å². The molecule has 1 aromatic rings. The second kappa shape index (κ2) is 7.21. The van der Waals surface area contributed by atoms with Crippen LogP contribution in [-0.2, 0) is 29.3 Å². The number of allylic oxidation sites excluding steroid dienone is 1. The minimum Gasteiger partial charge on any atom is -0.468 e. The number of carbonyl (C=O) groups excluding carboxylic acids is 3. The zero-order valence-electron chi connectivity index (χ0n) is 14.4. The van der Waals surface area contributed by atoms with Crippen molar-refractivity contribution in [2.45, 2.75) is 19.3 Å². The van der Waals surface area contributed by atoms with Gasteiger partial charge in [-0.15, -0.1) is 0 Å². The zero-order chi connectivity index (χ0) is 18.6. The van der Waals surface area contributed by atoms with E-state index in [1.165, 1.54) is 6.34 Å². The number of hydrogen-bond donors (Lipinski definition) is 0. The van der Waals surface area contributed by atoms with Gasteiger partial charge in [0.25, 0.3) is 5.78 Å². The lowest BCUT2D eigenvalue weighted by Crippen LogP contribution is -2.50. The van der Waals surface area contributed by atoms with Gasteiger partial charge < -0.3 is 9.47 Å². The van der Waals surface area contributed by atoms with E-state index in [1.807, 2.05) is 19.1 Å². The second-order valence-electron chi connectivity index (χ2n) is 5.37. The van der Waals surface area contributed by atoms with Crippen LogP contribution in [0.3, 0.4) is 0 Å². The number of hydrogen-bond acceptors (Lipinski definition) is 7. The maximum Gasteiger partial charge on any atom is 0.376 e. The maximum atomic E-state index is 12.8. The van der Waals surface area contributed by atoms with E-state index < -0.39 is 23.1 Å². The summed E-state index contributed by atoms with van der Waals surface area (Å²) in [6, 6.07) is 3.49. The van der Waals surface area contributed by atoms with Crippen LogP contribution in [0.4, 0.5) is 5.69 Å². The molecule has 0 aliphatic carbocycles. The van der Waals surface area contributed by atoms with Crippen molar-refractivity contribution in [3.63, 3.8) is 0 Å². The van der Waals surface area contributed by atoms with Gasteiger partial charge in [0.15, 0.2) is 5.41 Å². The fraction of sp³-hybridized carbons (Fsp3) is 0.278. The first-order chi connectivity index (χ1) is 11.9. The number of carbonyl (C=O) groups is 3. The fourth-order valence-electron chi connectivity index (χ4n) is 2.84. The molecule has 1 heterocycles. The lowest BCUT2D eigenvalue weighted by atomic mass is 9.74. The van der Waals surface area contributed by atoms with Crippen molar-refractivity contribution in [3.05, 3.63) is 34.9 Å². The zero-order valence-corrected chi connectivity index (χ0v) is 14.4. The van der Waals surface area contributed by atoms with Crippen LogP contribution in [0, 0.1) is 6.92 Å². The van der Waals surface area contributed by atoms with Gasteiger partial charge in [-0.3, -0.25) is 9.59 Å². The number of ketones is 1. The summed E-state index contributed by atoms with van der Waals surface area (Å²) >= 11 is 0. The molecule has 0 fully saturated rings. The Labute approximate surface area is 145 Å². The van der Waals surface area contributed by atoms with E-state index in [2.05, 4.69) is 14.7 Å². The van der Waals surface area contributed by atoms with Gasteiger partial charge in [-0.2, -0.15) is 0 Å². The number of aryl methyl sites for hydroxylation is 1. The van der Waals surface area contributed by atoms with Gasteiger partial charge in [-0.05, 0) is 31.0 Å². The summed E-state index contributed by atoms with van der Waals surface area (Å²) < 4.78 is 9.36. The lowest BCUT2D eigenvalue weighted by molar-refractivity contribution is -0.159. The fourth-order valence-corrected chi connectivity index (χ4v) is 2.84. The number of esters is 2. The molecule has 0 aromatic heterocycles. The Morgan fingerprint density at radius 2 is 1.88 bits per heavy atom. The molecule has 1 unspecified atom stereocenters. The third-order valence-corrected chi connectivity index (χ3v) is 3.86. The summed E-state index contributed by atoms with van der Waals surface area (Å²) in [5.74, 6) is -3.18. The number of rotatable bonds is 4. The summed E-state index contributed by atoms with van der Waals surface area (Å²) in [7, 11) is 2.20. The topological polar surface area (TPSA) is 94.4 Å². The van der Waals surface area contributed by atoms with Crippen molar-refractivity contribution in [2.75, 3.05) is 14.2 Å². The van der Waals surface area contributed by atoms with Crippen LogP contribution in [0.2, 0.25) is 0 Å². The Kier molecular flexibility index (Phi) is 5.26. The summed E-state index contributed by atoms with van der Waals surface area (Å²) in [6.07, 6.45) is 6.00. The highest BCUT2D eigenvalue weighted by molar-refractivity contribution is 6.47. The average Bonchev–Trinajstić information content (AvgIpc) is 2.80. The first kappa shape index (κ1) is 18.3. The molecule has 130 valence electrons. The van der Waals surface area contributed by atoms with Gasteiger partial charge in [0, 0.05) is 11.8 Å². The van der Waals surface area contributed by atoms with Crippen LogP contribution in [0.5, 0.6) is 0 Å². The van der Waals surface area contributed by atoms with Gasteiger partial charge in [0.2, 0.25) is 0 Å². The van der Waals surface area contributed by atoms with Gasteiger partial charge in [-0.1, -0.05) is 18.2 Å². The summed E-state index contributed by atoms with van der Waals surface area (Å²) in [5, 5.41) is 0. The first-order valence-electron chi connectivity index (χ1n) is 7.48. The second-order valence-corrected chi connectivity index (χ2v) is 5.37. The Bertz CT molecular complexity index is 823. The van der Waals surface area contributed by atoms with E-state index in [-0.39, 0.29) is 5.56 Å². The lowest BCUT2D eigenvalue weighted by Gasteiger charge is -2.27. The van der Waals surface area contributed by atoms with Crippen LogP contribution in [0.25, 0.3) is 6.08 Å². The number of methoxy groups -OCH3 is 2. The van der Waals surface area contributed by atoms with E-state index in [9.17, 15) is 14.4 Å².